The lowest BCUT2D eigenvalue weighted by atomic mass is 10.1. The Hall–Kier alpha value is -5.53. The Labute approximate surface area is 241 Å². The number of hydrogen-bond donors (Lipinski definition) is 9. The summed E-state index contributed by atoms with van der Waals surface area (Å²) in [5.74, 6) is -0.158. The lowest BCUT2D eigenvalue weighted by molar-refractivity contribution is 0.0943. The van der Waals surface area contributed by atoms with Gasteiger partial charge in [-0.15, -0.1) is 0 Å². The molecule has 0 unspecified atom stereocenters. The first-order valence-corrected chi connectivity index (χ1v) is 13.3. The minimum Gasteiger partial charge on any atom is -0.370 e. The predicted molar refractivity (Wildman–Crippen MR) is 165 cm³/mol. The topological polar surface area (TPSA) is 220 Å². The Kier molecular flexibility index (Phi) is 9.61. The number of guanidine groups is 2. The third kappa shape index (κ3) is 7.56. The highest BCUT2D eigenvalue weighted by Crippen LogP contribution is 2.22. The van der Waals surface area contributed by atoms with Crippen molar-refractivity contribution in [3.8, 4) is 0 Å². The summed E-state index contributed by atoms with van der Waals surface area (Å²) in [6.45, 7) is 1.87. The van der Waals surface area contributed by atoms with Crippen molar-refractivity contribution in [1.29, 1.82) is 0 Å². The van der Waals surface area contributed by atoms with Gasteiger partial charge in [-0.1, -0.05) is 6.07 Å². The van der Waals surface area contributed by atoms with E-state index in [4.69, 9.17) is 11.5 Å². The van der Waals surface area contributed by atoms with Crippen LogP contribution >= 0.6 is 0 Å². The first-order chi connectivity index (χ1) is 20.3. The van der Waals surface area contributed by atoms with E-state index in [0.717, 1.165) is 16.3 Å². The zero-order valence-corrected chi connectivity index (χ0v) is 23.4. The van der Waals surface area contributed by atoms with E-state index >= 15 is 0 Å². The molecule has 42 heavy (non-hydrogen) atoms. The van der Waals surface area contributed by atoms with Gasteiger partial charge in [0.15, 0.2) is 11.9 Å². The number of nitrogens with zero attached hydrogens (tertiary/aromatic N) is 2. The Morgan fingerprint density at radius 1 is 0.667 bits per heavy atom. The van der Waals surface area contributed by atoms with E-state index < -0.39 is 0 Å². The maximum Gasteiger partial charge on any atom is 0.272 e. The van der Waals surface area contributed by atoms with E-state index in [2.05, 4.69) is 46.5 Å². The summed E-state index contributed by atoms with van der Waals surface area (Å²) in [5.41, 5.74) is 14.4. The number of nitrogens with one attached hydrogen (secondary N) is 7. The number of aromatic amines is 2. The molecule has 0 spiro atoms. The number of H-pyrrole nitrogens is 2. The first-order valence-electron chi connectivity index (χ1n) is 13.3. The molecule has 0 aliphatic carbocycles. The Morgan fingerprint density at radius 3 is 2.05 bits per heavy atom. The van der Waals surface area contributed by atoms with E-state index in [0.29, 0.717) is 72.7 Å². The summed E-state index contributed by atoms with van der Waals surface area (Å²) in [7, 11) is 3.17. The molecule has 0 aliphatic heterocycles. The zero-order valence-electron chi connectivity index (χ0n) is 23.4. The number of nitrogens with two attached hydrogens (primary N) is 2. The monoisotopic (exact) mass is 573 g/mol. The minimum absolute atomic E-state index is 0.208. The summed E-state index contributed by atoms with van der Waals surface area (Å²) >= 11 is 0. The predicted octanol–water partition coefficient (Wildman–Crippen LogP) is 0.819. The normalized spacial score (nSPS) is 11.9. The van der Waals surface area contributed by atoms with Gasteiger partial charge < -0.3 is 48.0 Å². The second kappa shape index (κ2) is 13.7. The van der Waals surface area contributed by atoms with Crippen LogP contribution in [0.2, 0.25) is 0 Å². The fourth-order valence-electron chi connectivity index (χ4n) is 4.15. The highest BCUT2D eigenvalue weighted by atomic mass is 16.2. The fourth-order valence-corrected chi connectivity index (χ4v) is 4.15. The molecule has 0 saturated carbocycles. The number of rotatable bonds is 11. The number of hydrogen-bond acceptors (Lipinski definition) is 5. The number of aliphatic imine (C=N–C) groups is 2. The van der Waals surface area contributed by atoms with Crippen molar-refractivity contribution < 1.29 is 14.4 Å². The second-order valence-electron chi connectivity index (χ2n) is 9.36. The maximum atomic E-state index is 13.0. The average Bonchev–Trinajstić information content (AvgIpc) is 3.62. The molecule has 4 aromatic rings. The van der Waals surface area contributed by atoms with E-state index in [9.17, 15) is 14.4 Å². The van der Waals surface area contributed by atoms with Crippen LogP contribution in [0.1, 0.15) is 37.8 Å². The lowest BCUT2D eigenvalue weighted by Crippen LogP contribution is -2.38. The molecular formula is C28H35N11O3. The van der Waals surface area contributed by atoms with Gasteiger partial charge in [0.05, 0.1) is 0 Å². The van der Waals surface area contributed by atoms with Gasteiger partial charge >= 0.3 is 0 Å². The number of carbonyl (C=O) groups is 3. The molecule has 0 saturated heterocycles. The zero-order chi connectivity index (χ0) is 30.1. The summed E-state index contributed by atoms with van der Waals surface area (Å²) < 4.78 is 0. The highest BCUT2D eigenvalue weighted by molar-refractivity contribution is 6.08. The summed E-state index contributed by atoms with van der Waals surface area (Å²) in [5, 5.41) is 15.9. The Balaban J connectivity index is 1.34. The molecule has 220 valence electrons. The largest absolute Gasteiger partial charge is 0.370 e. The third-order valence-corrected chi connectivity index (χ3v) is 6.40. The molecule has 14 heteroatoms. The molecule has 2 heterocycles. The van der Waals surface area contributed by atoms with Crippen molar-refractivity contribution in [3.05, 3.63) is 65.5 Å². The van der Waals surface area contributed by atoms with Gasteiger partial charge in [0, 0.05) is 73.3 Å². The van der Waals surface area contributed by atoms with Gasteiger partial charge in [0.1, 0.15) is 11.4 Å². The molecule has 2 aromatic carbocycles. The van der Waals surface area contributed by atoms with Gasteiger partial charge in [-0.05, 0) is 48.9 Å². The number of aromatic nitrogens is 2. The van der Waals surface area contributed by atoms with E-state index in [-0.39, 0.29) is 17.7 Å². The van der Waals surface area contributed by atoms with E-state index in [1.807, 2.05) is 6.07 Å². The molecule has 4 rings (SSSR count). The number of amides is 3. The highest BCUT2D eigenvalue weighted by Gasteiger charge is 2.14. The molecule has 14 nitrogen and oxygen atoms in total. The van der Waals surface area contributed by atoms with Crippen LogP contribution in [-0.2, 0) is 0 Å². The molecule has 3 amide bonds. The van der Waals surface area contributed by atoms with Crippen molar-refractivity contribution in [2.45, 2.75) is 6.42 Å². The molecule has 11 N–H and O–H groups in total. The number of anilines is 1. The van der Waals surface area contributed by atoms with Crippen LogP contribution in [0.5, 0.6) is 0 Å². The SMILES string of the molecule is CN=C(N)NCCCNC(=O)c1ccc2[nH]c(C(=O)Nc3ccc4cc(C(=O)NCCNC(N)=NC)[nH]c4c3)cc2c1. The molecular weight excluding hydrogens is 538 g/mol. The summed E-state index contributed by atoms with van der Waals surface area (Å²) in [4.78, 5) is 51.8. The maximum absolute atomic E-state index is 13.0. The van der Waals surface area contributed by atoms with Gasteiger partial charge in [-0.25, -0.2) is 0 Å². The molecule has 0 radical (unpaired) electrons. The van der Waals surface area contributed by atoms with Gasteiger partial charge in [0.2, 0.25) is 0 Å². The third-order valence-electron chi connectivity index (χ3n) is 6.40. The Morgan fingerprint density at radius 2 is 1.29 bits per heavy atom. The Bertz CT molecular complexity index is 1650. The average molecular weight is 574 g/mol. The van der Waals surface area contributed by atoms with Crippen molar-refractivity contribution in [1.82, 2.24) is 31.2 Å². The van der Waals surface area contributed by atoms with Crippen molar-refractivity contribution in [3.63, 3.8) is 0 Å². The van der Waals surface area contributed by atoms with Crippen molar-refractivity contribution in [2.24, 2.45) is 21.5 Å². The van der Waals surface area contributed by atoms with Crippen LogP contribution in [0.15, 0.2) is 58.5 Å². The van der Waals surface area contributed by atoms with Crippen LogP contribution in [0, 0.1) is 0 Å². The first kappa shape index (κ1) is 29.5. The van der Waals surface area contributed by atoms with Crippen LogP contribution in [0.25, 0.3) is 21.8 Å². The van der Waals surface area contributed by atoms with Gasteiger partial charge in [-0.2, -0.15) is 0 Å². The molecule has 2 aromatic heterocycles. The van der Waals surface area contributed by atoms with E-state index in [1.54, 1.807) is 56.6 Å². The van der Waals surface area contributed by atoms with Crippen molar-refractivity contribution in [2.75, 3.05) is 45.6 Å². The smallest absolute Gasteiger partial charge is 0.272 e. The van der Waals surface area contributed by atoms with Crippen LogP contribution < -0.4 is 38.1 Å². The van der Waals surface area contributed by atoms with E-state index in [1.165, 1.54) is 0 Å². The number of carbonyl (C=O) groups excluding carboxylic acids is 3. The lowest BCUT2D eigenvalue weighted by Gasteiger charge is -2.07. The summed E-state index contributed by atoms with van der Waals surface area (Å²) in [6, 6.07) is 14.0. The number of benzene rings is 2. The van der Waals surface area contributed by atoms with Crippen LogP contribution in [0.4, 0.5) is 5.69 Å². The molecule has 0 bridgehead atoms. The van der Waals surface area contributed by atoms with Gasteiger partial charge in [-0.3, -0.25) is 24.4 Å². The fraction of sp³-hybridized carbons (Fsp3) is 0.250. The second-order valence-corrected chi connectivity index (χ2v) is 9.36. The minimum atomic E-state index is -0.342. The summed E-state index contributed by atoms with van der Waals surface area (Å²) in [6.07, 6.45) is 0.685. The van der Waals surface area contributed by atoms with Crippen LogP contribution in [-0.4, -0.2) is 79.9 Å². The number of fused-ring (bicyclic) bond motifs is 2. The molecule has 0 atom stereocenters. The van der Waals surface area contributed by atoms with Crippen molar-refractivity contribution >= 4 is 57.1 Å². The van der Waals surface area contributed by atoms with Crippen LogP contribution in [0.3, 0.4) is 0 Å². The standard InChI is InChI=1S/C28H35N11O3/c1-31-27(29)35-9-3-8-33-24(40)17-5-7-20-18(12-17)14-23(38-20)26(42)37-19-6-4-16-13-22(39-21(16)15-19)25(41)34-10-11-36-28(30)32-2/h4-7,12-15,38-39H,3,8-11H2,1-2H3,(H,33,40)(H,34,41)(H,37,42)(H3,29,31,35)(H3,30,32,36). The van der Waals surface area contributed by atoms with Gasteiger partial charge in [0.25, 0.3) is 17.7 Å². The molecule has 0 fully saturated rings. The molecule has 0 aliphatic rings. The quantitative estimate of drug-likeness (QED) is 0.0713.